The molecule has 1 unspecified atom stereocenters. The number of hydrogen-bond donors (Lipinski definition) is 1. The molecule has 5 nitrogen and oxygen atoms in total. The Kier molecular flexibility index (Phi) is 6.57. The molecular weight excluding hydrogens is 318 g/mol. The fraction of sp³-hybridized carbons (Fsp3) is 0.300. The van der Waals surface area contributed by atoms with Crippen molar-refractivity contribution in [3.8, 4) is 5.75 Å². The summed E-state index contributed by atoms with van der Waals surface area (Å²) in [5, 5.41) is 2.86. The highest BCUT2D eigenvalue weighted by molar-refractivity contribution is 5.89. The van der Waals surface area contributed by atoms with Crippen LogP contribution in [-0.4, -0.2) is 31.6 Å². The number of rotatable bonds is 7. The topological polar surface area (TPSA) is 64.6 Å². The van der Waals surface area contributed by atoms with Crippen LogP contribution in [-0.2, 0) is 16.0 Å². The first kappa shape index (κ1) is 18.5. The van der Waals surface area contributed by atoms with E-state index in [0.29, 0.717) is 24.3 Å². The summed E-state index contributed by atoms with van der Waals surface area (Å²) in [7, 11) is 1.35. The molecule has 2 aromatic carbocycles. The largest absolute Gasteiger partial charge is 0.481 e. The lowest BCUT2D eigenvalue weighted by atomic mass is 10.1. The van der Waals surface area contributed by atoms with Gasteiger partial charge in [0.05, 0.1) is 12.7 Å². The number of carbonyl (C=O) groups is 2. The van der Waals surface area contributed by atoms with Crippen LogP contribution in [0.4, 0.5) is 0 Å². The molecule has 132 valence electrons. The van der Waals surface area contributed by atoms with Crippen LogP contribution in [0.3, 0.4) is 0 Å². The van der Waals surface area contributed by atoms with Gasteiger partial charge in [-0.15, -0.1) is 0 Å². The zero-order valence-electron chi connectivity index (χ0n) is 14.7. The molecule has 1 N–H and O–H groups in total. The molecule has 0 aliphatic carbocycles. The fourth-order valence-corrected chi connectivity index (χ4v) is 2.35. The lowest BCUT2D eigenvalue weighted by Gasteiger charge is -2.15. The molecule has 0 bridgehead atoms. The maximum Gasteiger partial charge on any atom is 0.337 e. The average Bonchev–Trinajstić information content (AvgIpc) is 2.61. The van der Waals surface area contributed by atoms with Gasteiger partial charge in [0.1, 0.15) is 5.75 Å². The van der Waals surface area contributed by atoms with Gasteiger partial charge in [-0.3, -0.25) is 4.79 Å². The first-order valence-corrected chi connectivity index (χ1v) is 8.18. The van der Waals surface area contributed by atoms with Crippen molar-refractivity contribution in [2.24, 2.45) is 0 Å². The molecule has 0 saturated heterocycles. The molecule has 0 aromatic heterocycles. The first-order chi connectivity index (χ1) is 12.0. The van der Waals surface area contributed by atoms with E-state index in [2.05, 4.69) is 10.1 Å². The summed E-state index contributed by atoms with van der Waals surface area (Å²) in [5.74, 6) is 0.163. The van der Waals surface area contributed by atoms with Crippen molar-refractivity contribution in [1.82, 2.24) is 5.32 Å². The highest BCUT2D eigenvalue weighted by Crippen LogP contribution is 2.14. The molecule has 0 aliphatic rings. The Bertz CT molecular complexity index is 725. The summed E-state index contributed by atoms with van der Waals surface area (Å²) >= 11 is 0. The minimum Gasteiger partial charge on any atom is -0.481 e. The van der Waals surface area contributed by atoms with Gasteiger partial charge < -0.3 is 14.8 Å². The van der Waals surface area contributed by atoms with E-state index < -0.39 is 6.10 Å². The van der Waals surface area contributed by atoms with Crippen molar-refractivity contribution >= 4 is 11.9 Å². The van der Waals surface area contributed by atoms with Crippen LogP contribution in [0.5, 0.6) is 5.75 Å². The maximum atomic E-state index is 12.1. The predicted molar refractivity (Wildman–Crippen MR) is 95.8 cm³/mol. The zero-order valence-corrected chi connectivity index (χ0v) is 14.7. The fourth-order valence-electron chi connectivity index (χ4n) is 2.35. The van der Waals surface area contributed by atoms with Crippen molar-refractivity contribution in [2.75, 3.05) is 13.7 Å². The smallest absolute Gasteiger partial charge is 0.337 e. The number of methoxy groups -OCH3 is 1. The Hall–Kier alpha value is -2.82. The Morgan fingerprint density at radius 2 is 1.84 bits per heavy atom. The van der Waals surface area contributed by atoms with E-state index in [1.54, 1.807) is 19.1 Å². The summed E-state index contributed by atoms with van der Waals surface area (Å²) in [5.41, 5.74) is 2.62. The monoisotopic (exact) mass is 341 g/mol. The summed E-state index contributed by atoms with van der Waals surface area (Å²) in [6.45, 7) is 4.20. The lowest BCUT2D eigenvalue weighted by molar-refractivity contribution is -0.127. The molecule has 25 heavy (non-hydrogen) atoms. The highest BCUT2D eigenvalue weighted by atomic mass is 16.5. The van der Waals surface area contributed by atoms with Gasteiger partial charge in [-0.25, -0.2) is 4.79 Å². The molecule has 5 heteroatoms. The SMILES string of the molecule is COC(=O)c1ccc(CCNC(=O)C(C)Oc2cccc(C)c2)cc1. The molecule has 1 amide bonds. The maximum absolute atomic E-state index is 12.1. The Morgan fingerprint density at radius 1 is 1.12 bits per heavy atom. The van der Waals surface area contributed by atoms with Crippen molar-refractivity contribution < 1.29 is 19.1 Å². The summed E-state index contributed by atoms with van der Waals surface area (Å²) in [6.07, 6.45) is 0.105. The van der Waals surface area contributed by atoms with E-state index in [1.807, 2.05) is 43.3 Å². The van der Waals surface area contributed by atoms with Crippen LogP contribution in [0.1, 0.15) is 28.4 Å². The number of aryl methyl sites for hydroxylation is 1. The van der Waals surface area contributed by atoms with Gasteiger partial charge >= 0.3 is 5.97 Å². The quantitative estimate of drug-likeness (QED) is 0.787. The third kappa shape index (κ3) is 5.64. The van der Waals surface area contributed by atoms with E-state index in [1.165, 1.54) is 7.11 Å². The minimum atomic E-state index is -0.566. The van der Waals surface area contributed by atoms with Gasteiger partial charge in [0.2, 0.25) is 0 Å². The predicted octanol–water partition coefficient (Wildman–Crippen LogP) is 2.91. The van der Waals surface area contributed by atoms with Crippen LogP contribution in [0, 0.1) is 6.92 Å². The summed E-state index contributed by atoms with van der Waals surface area (Å²) in [4.78, 5) is 23.5. The van der Waals surface area contributed by atoms with Gasteiger partial charge in [0.15, 0.2) is 6.10 Å². The van der Waals surface area contributed by atoms with Crippen molar-refractivity contribution in [3.63, 3.8) is 0 Å². The summed E-state index contributed by atoms with van der Waals surface area (Å²) in [6, 6.07) is 14.7. The van der Waals surface area contributed by atoms with Gasteiger partial charge in [-0.1, -0.05) is 24.3 Å². The van der Waals surface area contributed by atoms with E-state index in [-0.39, 0.29) is 11.9 Å². The molecule has 2 rings (SSSR count). The Morgan fingerprint density at radius 3 is 2.48 bits per heavy atom. The molecule has 2 aromatic rings. The van der Waals surface area contributed by atoms with Crippen LogP contribution < -0.4 is 10.1 Å². The zero-order chi connectivity index (χ0) is 18.2. The standard InChI is InChI=1S/C20H23NO4/c1-14-5-4-6-18(13-14)25-15(2)19(22)21-12-11-16-7-9-17(10-8-16)20(23)24-3/h4-10,13,15H,11-12H2,1-3H3,(H,21,22). The minimum absolute atomic E-state index is 0.160. The van der Waals surface area contributed by atoms with Crippen LogP contribution in [0.25, 0.3) is 0 Å². The number of nitrogens with one attached hydrogen (secondary N) is 1. The van der Waals surface area contributed by atoms with E-state index in [0.717, 1.165) is 11.1 Å². The highest BCUT2D eigenvalue weighted by Gasteiger charge is 2.14. The molecule has 1 atom stereocenters. The lowest BCUT2D eigenvalue weighted by Crippen LogP contribution is -2.37. The van der Waals surface area contributed by atoms with E-state index in [4.69, 9.17) is 4.74 Å². The third-order valence-electron chi connectivity index (χ3n) is 3.76. The van der Waals surface area contributed by atoms with Crippen molar-refractivity contribution in [1.29, 1.82) is 0 Å². The van der Waals surface area contributed by atoms with Crippen LogP contribution in [0.2, 0.25) is 0 Å². The van der Waals surface area contributed by atoms with Crippen molar-refractivity contribution in [2.45, 2.75) is 26.4 Å². The number of benzene rings is 2. The van der Waals surface area contributed by atoms with Gasteiger partial charge in [0.25, 0.3) is 5.91 Å². The second-order valence-corrected chi connectivity index (χ2v) is 5.81. The van der Waals surface area contributed by atoms with E-state index >= 15 is 0 Å². The molecule has 0 fully saturated rings. The van der Waals surface area contributed by atoms with Gasteiger partial charge in [-0.05, 0) is 55.7 Å². The van der Waals surface area contributed by atoms with Gasteiger partial charge in [-0.2, -0.15) is 0 Å². The first-order valence-electron chi connectivity index (χ1n) is 8.18. The van der Waals surface area contributed by atoms with Crippen LogP contribution >= 0.6 is 0 Å². The van der Waals surface area contributed by atoms with E-state index in [9.17, 15) is 9.59 Å². The second kappa shape index (κ2) is 8.87. The Labute approximate surface area is 148 Å². The number of esters is 1. The molecule has 0 aliphatic heterocycles. The molecule has 0 spiro atoms. The number of ether oxygens (including phenoxy) is 2. The normalized spacial score (nSPS) is 11.5. The Balaban J connectivity index is 1.78. The number of amides is 1. The van der Waals surface area contributed by atoms with Gasteiger partial charge in [0, 0.05) is 6.54 Å². The molecule has 0 radical (unpaired) electrons. The number of hydrogen-bond acceptors (Lipinski definition) is 4. The second-order valence-electron chi connectivity index (χ2n) is 5.81. The molecule has 0 saturated carbocycles. The van der Waals surface area contributed by atoms with Crippen molar-refractivity contribution in [3.05, 3.63) is 65.2 Å². The summed E-state index contributed by atoms with van der Waals surface area (Å²) < 4.78 is 10.3. The van der Waals surface area contributed by atoms with Crippen LogP contribution in [0.15, 0.2) is 48.5 Å². The molecular formula is C20H23NO4. The average molecular weight is 341 g/mol. The molecule has 0 heterocycles. The third-order valence-corrected chi connectivity index (χ3v) is 3.76. The number of carbonyl (C=O) groups excluding carboxylic acids is 2.